The summed E-state index contributed by atoms with van der Waals surface area (Å²) in [5.74, 6) is 0. The lowest BCUT2D eigenvalue weighted by Crippen LogP contribution is -2.22. The third-order valence-electron chi connectivity index (χ3n) is 2.98. The molecule has 3 heteroatoms. The van der Waals surface area contributed by atoms with Crippen LogP contribution in [0.1, 0.15) is 25.3 Å². The Morgan fingerprint density at radius 1 is 1.60 bits per heavy atom. The average molecular weight is 290 g/mol. The van der Waals surface area contributed by atoms with Crippen molar-refractivity contribution in [3.8, 4) is 0 Å². The van der Waals surface area contributed by atoms with E-state index in [9.17, 15) is 0 Å². The number of hydrogen-bond donors (Lipinski definition) is 0. The molecule has 0 aromatic heterocycles. The number of alkyl halides is 1. The van der Waals surface area contributed by atoms with E-state index in [0.717, 1.165) is 23.2 Å². The molecule has 1 heterocycles. The number of ether oxygens (including phenoxy) is 1. The summed E-state index contributed by atoms with van der Waals surface area (Å²) in [7, 11) is 0. The Morgan fingerprint density at radius 3 is 3.00 bits per heavy atom. The van der Waals surface area contributed by atoms with Gasteiger partial charge in [0.05, 0.1) is 11.7 Å². The van der Waals surface area contributed by atoms with Crippen molar-refractivity contribution in [2.24, 2.45) is 0 Å². The molecule has 2 atom stereocenters. The van der Waals surface area contributed by atoms with Gasteiger partial charge < -0.3 is 4.74 Å². The van der Waals surface area contributed by atoms with Crippen LogP contribution in [0.25, 0.3) is 0 Å². The predicted molar refractivity (Wildman–Crippen MR) is 66.7 cm³/mol. The Hall–Kier alpha value is -0.0500. The third-order valence-corrected chi connectivity index (χ3v) is 3.93. The largest absolute Gasteiger partial charge is 0.366 e. The smallest absolute Gasteiger partial charge is 0.0908 e. The molecule has 1 aliphatic heterocycles. The van der Waals surface area contributed by atoms with Crippen LogP contribution in [-0.4, -0.2) is 11.4 Å². The van der Waals surface area contributed by atoms with Gasteiger partial charge in [-0.2, -0.15) is 0 Å². The lowest BCUT2D eigenvalue weighted by molar-refractivity contribution is -0.0220. The Bertz CT molecular complexity index is 355. The van der Waals surface area contributed by atoms with Crippen LogP contribution >= 0.6 is 27.5 Å². The van der Waals surface area contributed by atoms with Gasteiger partial charge in [-0.15, -0.1) is 0 Å². The summed E-state index contributed by atoms with van der Waals surface area (Å²) in [5.41, 5.74) is 1.02. The highest BCUT2D eigenvalue weighted by atomic mass is 79.9. The van der Waals surface area contributed by atoms with Gasteiger partial charge >= 0.3 is 0 Å². The molecule has 0 amide bonds. The summed E-state index contributed by atoms with van der Waals surface area (Å²) in [4.78, 5) is 0. The van der Waals surface area contributed by atoms with E-state index >= 15 is 0 Å². The van der Waals surface area contributed by atoms with Crippen molar-refractivity contribution in [3.05, 3.63) is 34.9 Å². The summed E-state index contributed by atoms with van der Waals surface area (Å²) >= 11 is 9.45. The Balaban J connectivity index is 2.23. The van der Waals surface area contributed by atoms with Gasteiger partial charge in [0.25, 0.3) is 0 Å². The van der Waals surface area contributed by atoms with Crippen LogP contribution in [0.15, 0.2) is 24.3 Å². The van der Waals surface area contributed by atoms with Crippen LogP contribution in [-0.2, 0) is 10.3 Å². The number of benzene rings is 1. The zero-order chi connectivity index (χ0) is 10.9. The molecule has 15 heavy (non-hydrogen) atoms. The molecular formula is C12H14BrClO. The highest BCUT2D eigenvalue weighted by molar-refractivity contribution is 9.09. The Labute approximate surface area is 104 Å². The van der Waals surface area contributed by atoms with Crippen LogP contribution in [0, 0.1) is 0 Å². The van der Waals surface area contributed by atoms with Crippen molar-refractivity contribution in [1.82, 2.24) is 0 Å². The van der Waals surface area contributed by atoms with Crippen LogP contribution in [0.2, 0.25) is 5.02 Å². The van der Waals surface area contributed by atoms with E-state index in [0.29, 0.717) is 6.10 Å². The van der Waals surface area contributed by atoms with Crippen molar-refractivity contribution in [2.45, 2.75) is 31.5 Å². The maximum atomic E-state index is 6.03. The van der Waals surface area contributed by atoms with Crippen molar-refractivity contribution in [2.75, 3.05) is 5.33 Å². The first-order valence-electron chi connectivity index (χ1n) is 5.14. The Morgan fingerprint density at radius 2 is 2.40 bits per heavy atom. The van der Waals surface area contributed by atoms with Gasteiger partial charge in [-0.3, -0.25) is 0 Å². The van der Waals surface area contributed by atoms with Crippen LogP contribution in [0.4, 0.5) is 0 Å². The number of halogens is 2. The predicted octanol–water partition coefficient (Wildman–Crippen LogP) is 4.13. The molecule has 0 radical (unpaired) electrons. The fraction of sp³-hybridized carbons (Fsp3) is 0.500. The first-order valence-corrected chi connectivity index (χ1v) is 6.64. The van der Waals surface area contributed by atoms with Gasteiger partial charge in [0.1, 0.15) is 0 Å². The number of rotatable bonds is 2. The van der Waals surface area contributed by atoms with Crippen molar-refractivity contribution in [1.29, 1.82) is 0 Å². The van der Waals surface area contributed by atoms with Crippen LogP contribution in [0.3, 0.4) is 0 Å². The fourth-order valence-corrected chi connectivity index (χ4v) is 2.71. The molecule has 0 bridgehead atoms. The molecule has 1 nitrogen and oxygen atoms in total. The molecular weight excluding hydrogens is 275 g/mol. The molecule has 1 aliphatic rings. The first kappa shape index (κ1) is 11.4. The minimum Gasteiger partial charge on any atom is -0.366 e. The van der Waals surface area contributed by atoms with Gasteiger partial charge in [-0.25, -0.2) is 0 Å². The molecule has 2 unspecified atom stereocenters. The molecule has 1 fully saturated rings. The molecule has 0 spiro atoms. The molecule has 0 saturated carbocycles. The second kappa shape index (κ2) is 4.44. The summed E-state index contributed by atoms with van der Waals surface area (Å²) in [6.45, 7) is 2.14. The van der Waals surface area contributed by atoms with Crippen LogP contribution in [0.5, 0.6) is 0 Å². The van der Waals surface area contributed by atoms with E-state index in [4.69, 9.17) is 16.3 Å². The summed E-state index contributed by atoms with van der Waals surface area (Å²) in [6, 6.07) is 7.96. The lowest BCUT2D eigenvalue weighted by atomic mass is 9.93. The van der Waals surface area contributed by atoms with Gasteiger partial charge in [0.2, 0.25) is 0 Å². The molecule has 2 rings (SSSR count). The van der Waals surface area contributed by atoms with E-state index in [1.807, 2.05) is 18.2 Å². The van der Waals surface area contributed by atoms with E-state index in [1.165, 1.54) is 5.56 Å². The number of hydrogen-bond acceptors (Lipinski definition) is 1. The lowest BCUT2D eigenvalue weighted by Gasteiger charge is -2.25. The average Bonchev–Trinajstić information content (AvgIpc) is 2.62. The monoisotopic (exact) mass is 288 g/mol. The molecule has 0 aliphatic carbocycles. The zero-order valence-corrected chi connectivity index (χ0v) is 11.0. The molecule has 82 valence electrons. The highest BCUT2D eigenvalue weighted by Gasteiger charge is 2.36. The summed E-state index contributed by atoms with van der Waals surface area (Å²) in [6.07, 6.45) is 2.49. The maximum Gasteiger partial charge on any atom is 0.0908 e. The summed E-state index contributed by atoms with van der Waals surface area (Å²) < 4.78 is 6.03. The fourth-order valence-electron chi connectivity index (χ4n) is 2.06. The maximum absolute atomic E-state index is 6.03. The first-order chi connectivity index (χ1) is 7.14. The zero-order valence-electron chi connectivity index (χ0n) is 8.67. The van der Waals surface area contributed by atoms with E-state index in [1.54, 1.807) is 0 Å². The highest BCUT2D eigenvalue weighted by Crippen LogP contribution is 2.39. The van der Waals surface area contributed by atoms with Gasteiger partial charge in [-0.1, -0.05) is 39.7 Å². The quantitative estimate of drug-likeness (QED) is 0.744. The minimum atomic E-state index is -0.163. The second-order valence-corrected chi connectivity index (χ2v) is 5.26. The molecule has 1 aromatic rings. The van der Waals surface area contributed by atoms with Crippen molar-refractivity contribution >= 4 is 27.5 Å². The second-order valence-electron chi connectivity index (χ2n) is 4.17. The topological polar surface area (TPSA) is 9.23 Å². The standard InChI is InChI=1S/C12H14BrClO/c1-12(6-5-11(8-13)15-12)9-3-2-4-10(14)7-9/h2-4,7,11H,5-6,8H2,1H3. The van der Waals surface area contributed by atoms with E-state index < -0.39 is 0 Å². The van der Waals surface area contributed by atoms with Crippen molar-refractivity contribution < 1.29 is 4.74 Å². The SMILES string of the molecule is CC1(c2cccc(Cl)c2)CCC(CBr)O1. The minimum absolute atomic E-state index is 0.163. The van der Waals surface area contributed by atoms with Crippen molar-refractivity contribution in [3.63, 3.8) is 0 Å². The Kier molecular flexibility index (Phi) is 3.39. The van der Waals surface area contributed by atoms with Crippen LogP contribution < -0.4 is 0 Å². The normalized spacial score (nSPS) is 30.7. The summed E-state index contributed by atoms with van der Waals surface area (Å²) in [5, 5.41) is 1.68. The van der Waals surface area contributed by atoms with Gasteiger partial charge in [-0.05, 0) is 37.5 Å². The molecule has 1 aromatic carbocycles. The molecule has 0 N–H and O–H groups in total. The van der Waals surface area contributed by atoms with Gasteiger partial charge in [0.15, 0.2) is 0 Å². The van der Waals surface area contributed by atoms with Gasteiger partial charge in [0, 0.05) is 10.4 Å². The van der Waals surface area contributed by atoms with E-state index in [2.05, 4.69) is 28.9 Å². The van der Waals surface area contributed by atoms with E-state index in [-0.39, 0.29) is 5.60 Å². The third kappa shape index (κ3) is 2.38. The molecule has 1 saturated heterocycles.